The van der Waals surface area contributed by atoms with E-state index in [2.05, 4.69) is 5.32 Å². The Labute approximate surface area is 117 Å². The minimum atomic E-state index is -0.159. The second-order valence-electron chi connectivity index (χ2n) is 4.86. The zero-order chi connectivity index (χ0) is 14.7. The molecule has 1 aliphatic heterocycles. The van der Waals surface area contributed by atoms with Crippen molar-refractivity contribution in [2.75, 3.05) is 25.9 Å². The average molecular weight is 277 g/mol. The highest BCUT2D eigenvalue weighted by atomic mass is 16.5. The van der Waals surface area contributed by atoms with Crippen LogP contribution in [0.15, 0.2) is 18.2 Å². The molecule has 3 N–H and O–H groups in total. The number of nitrogen functional groups attached to an aromatic ring is 1. The number of hydrogen-bond acceptors (Lipinski definition) is 4. The highest BCUT2D eigenvalue weighted by molar-refractivity contribution is 6.02. The van der Waals surface area contributed by atoms with Crippen LogP contribution in [0.3, 0.4) is 0 Å². The van der Waals surface area contributed by atoms with E-state index < -0.39 is 0 Å². The maximum absolute atomic E-state index is 12.5. The van der Waals surface area contributed by atoms with Crippen LogP contribution >= 0.6 is 0 Å². The van der Waals surface area contributed by atoms with Crippen LogP contribution in [-0.2, 0) is 4.79 Å². The monoisotopic (exact) mass is 277 g/mol. The third kappa shape index (κ3) is 2.84. The molecule has 20 heavy (non-hydrogen) atoms. The summed E-state index contributed by atoms with van der Waals surface area (Å²) in [6, 6.07) is 5.14. The number of carbonyl (C=O) groups excluding carboxylic acids is 2. The number of ether oxygens (including phenoxy) is 1. The molecule has 0 radical (unpaired) electrons. The van der Waals surface area contributed by atoms with Gasteiger partial charge in [-0.3, -0.25) is 9.59 Å². The number of nitrogens with one attached hydrogen (secondary N) is 1. The van der Waals surface area contributed by atoms with Crippen LogP contribution < -0.4 is 15.8 Å². The predicted molar refractivity (Wildman–Crippen MR) is 75.5 cm³/mol. The maximum Gasteiger partial charge on any atom is 0.259 e. The molecule has 2 rings (SSSR count). The fourth-order valence-corrected chi connectivity index (χ4v) is 2.46. The Hall–Kier alpha value is -2.24. The standard InChI is InChI=1S/C14H19N3O3/c1-9(18)16-10-6-7-17(8-10)14(19)13-11(15)4-3-5-12(13)20-2/h3-5,10H,6-8,15H2,1-2H3,(H,16,18). The fraction of sp³-hybridized carbons (Fsp3) is 0.429. The minimum Gasteiger partial charge on any atom is -0.496 e. The number of nitrogens with zero attached hydrogens (tertiary/aromatic N) is 1. The fourth-order valence-electron chi connectivity index (χ4n) is 2.46. The Morgan fingerprint density at radius 2 is 2.20 bits per heavy atom. The van der Waals surface area contributed by atoms with E-state index in [1.165, 1.54) is 14.0 Å². The Kier molecular flexibility index (Phi) is 4.12. The second-order valence-corrected chi connectivity index (χ2v) is 4.86. The Morgan fingerprint density at radius 3 is 2.85 bits per heavy atom. The van der Waals surface area contributed by atoms with E-state index in [4.69, 9.17) is 10.5 Å². The number of hydrogen-bond donors (Lipinski definition) is 2. The summed E-state index contributed by atoms with van der Waals surface area (Å²) in [5.41, 5.74) is 6.67. The van der Waals surface area contributed by atoms with E-state index in [-0.39, 0.29) is 17.9 Å². The SMILES string of the molecule is COc1cccc(N)c1C(=O)N1CCC(NC(C)=O)C1. The third-order valence-corrected chi connectivity index (χ3v) is 3.38. The van der Waals surface area contributed by atoms with Gasteiger partial charge in [0.2, 0.25) is 5.91 Å². The van der Waals surface area contributed by atoms with E-state index in [0.717, 1.165) is 6.42 Å². The number of nitrogens with two attached hydrogens (primary N) is 1. The summed E-state index contributed by atoms with van der Waals surface area (Å²) in [5, 5.41) is 2.83. The summed E-state index contributed by atoms with van der Waals surface area (Å²) in [5.74, 6) is 0.229. The topological polar surface area (TPSA) is 84.7 Å². The van der Waals surface area contributed by atoms with Crippen LogP contribution in [0, 0.1) is 0 Å². The quantitative estimate of drug-likeness (QED) is 0.794. The van der Waals surface area contributed by atoms with Crippen molar-refractivity contribution in [2.45, 2.75) is 19.4 Å². The molecule has 6 heteroatoms. The molecular weight excluding hydrogens is 258 g/mol. The van der Waals surface area contributed by atoms with Gasteiger partial charge in [-0.25, -0.2) is 0 Å². The van der Waals surface area contributed by atoms with Crippen molar-refractivity contribution >= 4 is 17.5 Å². The molecule has 1 aromatic rings. The van der Waals surface area contributed by atoms with Crippen molar-refractivity contribution in [3.63, 3.8) is 0 Å². The van der Waals surface area contributed by atoms with Crippen LogP contribution in [0.2, 0.25) is 0 Å². The molecule has 1 fully saturated rings. The van der Waals surface area contributed by atoms with E-state index in [1.807, 2.05) is 0 Å². The molecule has 6 nitrogen and oxygen atoms in total. The molecule has 1 aromatic carbocycles. The number of methoxy groups -OCH3 is 1. The summed E-state index contributed by atoms with van der Waals surface area (Å²) in [4.78, 5) is 25.3. The number of carbonyl (C=O) groups is 2. The molecule has 0 aliphatic carbocycles. The summed E-state index contributed by atoms with van der Waals surface area (Å²) in [6.07, 6.45) is 0.750. The minimum absolute atomic E-state index is 0.00683. The van der Waals surface area contributed by atoms with Crippen LogP contribution in [0.25, 0.3) is 0 Å². The van der Waals surface area contributed by atoms with E-state index >= 15 is 0 Å². The first-order valence-corrected chi connectivity index (χ1v) is 6.51. The second kappa shape index (κ2) is 5.81. The van der Waals surface area contributed by atoms with Gasteiger partial charge in [0.15, 0.2) is 0 Å². The third-order valence-electron chi connectivity index (χ3n) is 3.38. The molecule has 1 atom stereocenters. The van der Waals surface area contributed by atoms with E-state index in [9.17, 15) is 9.59 Å². The number of anilines is 1. The van der Waals surface area contributed by atoms with Crippen molar-refractivity contribution in [1.82, 2.24) is 10.2 Å². The lowest BCUT2D eigenvalue weighted by Gasteiger charge is -2.19. The van der Waals surface area contributed by atoms with Crippen LogP contribution in [0.5, 0.6) is 5.75 Å². The van der Waals surface area contributed by atoms with Crippen molar-refractivity contribution in [2.24, 2.45) is 0 Å². The first kappa shape index (κ1) is 14.2. The van der Waals surface area contributed by atoms with Crippen LogP contribution in [0.4, 0.5) is 5.69 Å². The molecule has 1 heterocycles. The molecular formula is C14H19N3O3. The Balaban J connectivity index is 2.15. The molecule has 0 aromatic heterocycles. The zero-order valence-corrected chi connectivity index (χ0v) is 11.7. The normalized spacial score (nSPS) is 17.9. The van der Waals surface area contributed by atoms with Gasteiger partial charge in [-0.15, -0.1) is 0 Å². The molecule has 2 amide bonds. The van der Waals surface area contributed by atoms with Crippen molar-refractivity contribution < 1.29 is 14.3 Å². The molecule has 1 aliphatic rings. The van der Waals surface area contributed by atoms with Crippen molar-refractivity contribution in [1.29, 1.82) is 0 Å². The first-order chi connectivity index (χ1) is 9.52. The average Bonchev–Trinajstić information content (AvgIpc) is 2.85. The molecule has 1 unspecified atom stereocenters. The Morgan fingerprint density at radius 1 is 1.45 bits per heavy atom. The van der Waals surface area contributed by atoms with Gasteiger partial charge < -0.3 is 20.7 Å². The number of amides is 2. The molecule has 1 saturated heterocycles. The van der Waals surface area contributed by atoms with Gasteiger partial charge in [-0.05, 0) is 18.6 Å². The lowest BCUT2D eigenvalue weighted by molar-refractivity contribution is -0.119. The summed E-state index contributed by atoms with van der Waals surface area (Å²) in [6.45, 7) is 2.57. The van der Waals surface area contributed by atoms with E-state index in [0.29, 0.717) is 30.1 Å². The van der Waals surface area contributed by atoms with E-state index in [1.54, 1.807) is 23.1 Å². The highest BCUT2D eigenvalue weighted by Gasteiger charge is 2.29. The molecule has 0 saturated carbocycles. The van der Waals surface area contributed by atoms with Gasteiger partial charge in [0, 0.05) is 31.7 Å². The van der Waals surface area contributed by atoms with Gasteiger partial charge in [0.25, 0.3) is 5.91 Å². The lowest BCUT2D eigenvalue weighted by Crippen LogP contribution is -2.37. The highest BCUT2D eigenvalue weighted by Crippen LogP contribution is 2.27. The summed E-state index contributed by atoms with van der Waals surface area (Å²) in [7, 11) is 1.51. The van der Waals surface area contributed by atoms with Crippen molar-refractivity contribution in [3.8, 4) is 5.75 Å². The lowest BCUT2D eigenvalue weighted by atomic mass is 10.1. The number of likely N-dealkylation sites (tertiary alicyclic amines) is 1. The van der Waals surface area contributed by atoms with Gasteiger partial charge in [-0.2, -0.15) is 0 Å². The number of benzene rings is 1. The molecule has 0 bridgehead atoms. The van der Waals surface area contributed by atoms with Crippen LogP contribution in [-0.4, -0.2) is 43.0 Å². The smallest absolute Gasteiger partial charge is 0.259 e. The van der Waals surface area contributed by atoms with Gasteiger partial charge in [-0.1, -0.05) is 6.07 Å². The van der Waals surface area contributed by atoms with Gasteiger partial charge in [0.1, 0.15) is 11.3 Å². The number of rotatable bonds is 3. The Bertz CT molecular complexity index is 530. The summed E-state index contributed by atoms with van der Waals surface area (Å²) < 4.78 is 5.20. The van der Waals surface area contributed by atoms with Crippen LogP contribution in [0.1, 0.15) is 23.7 Å². The largest absolute Gasteiger partial charge is 0.496 e. The maximum atomic E-state index is 12.5. The summed E-state index contributed by atoms with van der Waals surface area (Å²) >= 11 is 0. The van der Waals surface area contributed by atoms with Crippen molar-refractivity contribution in [3.05, 3.63) is 23.8 Å². The van der Waals surface area contributed by atoms with Gasteiger partial charge >= 0.3 is 0 Å². The predicted octanol–water partition coefficient (Wildman–Crippen LogP) is 0.628. The molecule has 0 spiro atoms. The zero-order valence-electron chi connectivity index (χ0n) is 11.7. The van der Waals surface area contributed by atoms with Gasteiger partial charge in [0.05, 0.1) is 7.11 Å². The first-order valence-electron chi connectivity index (χ1n) is 6.51. The molecule has 108 valence electrons.